The van der Waals surface area contributed by atoms with E-state index in [0.717, 1.165) is 0 Å². The second-order valence-electron chi connectivity index (χ2n) is 26.8. The summed E-state index contributed by atoms with van der Waals surface area (Å²) in [5.74, 6) is 0. The van der Waals surface area contributed by atoms with Crippen LogP contribution in [0.4, 0.5) is 0 Å². The maximum Gasteiger partial charge on any atom is 0.136 e. The molecule has 0 fully saturated rings. The first kappa shape index (κ1) is 34.5. The molecule has 0 bridgehead atoms. The molecule has 544 valence electrons. The predicted octanol–water partition coefficient (Wildman–Crippen LogP) is 32.8. The van der Waals surface area contributed by atoms with Crippen LogP contribution < -0.4 is 0 Å². The van der Waals surface area contributed by atoms with Crippen molar-refractivity contribution in [2.75, 3.05) is 0 Å². The van der Waals surface area contributed by atoms with Crippen LogP contribution in [0.2, 0.25) is 0 Å². The molecule has 3 heteroatoms. The van der Waals surface area contributed by atoms with E-state index >= 15 is 0 Å². The molecule has 0 amide bonds. The quantitative estimate of drug-likeness (QED) is 0.118. The van der Waals surface area contributed by atoms with Gasteiger partial charge in [0.1, 0.15) is 33.5 Å². The van der Waals surface area contributed by atoms with Gasteiger partial charge in [0, 0.05) is 32.3 Å². The fourth-order valence-electron chi connectivity index (χ4n) is 15.9. The summed E-state index contributed by atoms with van der Waals surface area (Å²) in [5.41, 5.74) is -0.742. The van der Waals surface area contributed by atoms with Crippen LogP contribution in [0.5, 0.6) is 0 Å². The number of furan rings is 3. The van der Waals surface area contributed by atoms with Crippen molar-refractivity contribution in [3.8, 4) is 77.9 Å². The zero-order valence-electron chi connectivity index (χ0n) is 109. The zero-order chi connectivity index (χ0) is 120. The third kappa shape index (κ3) is 11.0. The van der Waals surface area contributed by atoms with E-state index in [1.807, 2.05) is 0 Å². The number of rotatable bonds is 7. The Morgan fingerprint density at radius 2 is 0.436 bits per heavy atom. The van der Waals surface area contributed by atoms with Crippen LogP contribution in [0.1, 0.15) is 67.2 Å². The second-order valence-corrected chi connectivity index (χ2v) is 26.8. The third-order valence-electron chi connectivity index (χ3n) is 20.6. The molecule has 3 heterocycles. The minimum absolute atomic E-state index is 0.00790. The lowest BCUT2D eigenvalue weighted by Crippen LogP contribution is -1.93. The van der Waals surface area contributed by atoms with Gasteiger partial charge in [-0.15, -0.1) is 0 Å². The number of fused-ring (bicyclic) bond motifs is 19. The molecule has 0 aliphatic heterocycles. The highest BCUT2D eigenvalue weighted by Crippen LogP contribution is 2.53. The topological polar surface area (TPSA) is 39.4 Å². The molecule has 0 N–H and O–H groups in total. The van der Waals surface area contributed by atoms with Crippen molar-refractivity contribution in [3.05, 3.63) is 423 Å². The van der Waals surface area contributed by atoms with Gasteiger partial charge in [-0.05, 0) is 223 Å². The molecule has 117 heavy (non-hydrogen) atoms. The van der Waals surface area contributed by atoms with E-state index in [-0.39, 0.29) is 87.1 Å². The number of para-hydroxylation sites is 3. The van der Waals surface area contributed by atoms with Gasteiger partial charge >= 0.3 is 0 Å². The van der Waals surface area contributed by atoms with Crippen molar-refractivity contribution in [2.24, 2.45) is 0 Å². The molecule has 0 atom stereocenters. The maximum atomic E-state index is 9.64. The van der Waals surface area contributed by atoms with Gasteiger partial charge in [0.25, 0.3) is 0 Å². The Morgan fingerprint density at radius 3 is 0.855 bits per heavy atom. The SMILES string of the molecule is [2H]c1c([2H])c([2H])c(-c2c([2H])c([2H])c([2H])c([2H])c2-c2c3c([2H])c([2H])c([2H])c([2H])c3c(-c3cccc4oc5ccccc5c34)c3c([2H])c([2H])c([2H])c([2H])c23)c([2H])c1[2H].[2H]c1c([2H])c([2H])c2c(-c3cccc4oc5ccccc5c34)c3c([2H])c([2H])c([2H])c([2H])c3c(-c3c([2H])c([2H])c4c(c3[2H])c([2H])c([2H])c3c([2H])c([2H])c([2H])c([2H])c34)c2c1[2H].[2H]c1c([2H])c([2H])c2c([2H])c(-c3c4c([2H])c([2H])c([2H])c([2H])c4c(-c4cccc5oc6ccccc6c45)c4c([2H])c([2H])c([2H])c([2H])c34)c([2H])c([2H])c2c1[2H]. The van der Waals surface area contributed by atoms with Crippen LogP contribution in [0.15, 0.2) is 437 Å². The van der Waals surface area contributed by atoms with E-state index in [4.69, 9.17) is 55.7 Å². The molecule has 0 unspecified atom stereocenters. The molecule has 0 aliphatic rings. The number of hydrogen-bond acceptors (Lipinski definition) is 3. The van der Waals surface area contributed by atoms with Gasteiger partial charge in [-0.1, -0.05) is 375 Å². The Balaban J connectivity index is 0.000000133. The second kappa shape index (κ2) is 27.8. The van der Waals surface area contributed by atoms with E-state index in [1.54, 1.807) is 127 Å². The van der Waals surface area contributed by atoms with Crippen LogP contribution >= 0.6 is 0 Å². The summed E-state index contributed by atoms with van der Waals surface area (Å²) in [6.45, 7) is 0. The summed E-state index contributed by atoms with van der Waals surface area (Å²) in [7, 11) is 0. The first-order valence-corrected chi connectivity index (χ1v) is 36.2. The fourth-order valence-corrected chi connectivity index (χ4v) is 15.9. The van der Waals surface area contributed by atoms with Gasteiger partial charge < -0.3 is 13.3 Å². The molecule has 25 aromatic rings. The number of hydrogen-bond donors (Lipinski definition) is 0. The van der Waals surface area contributed by atoms with Crippen molar-refractivity contribution in [3.63, 3.8) is 0 Å². The largest absolute Gasteiger partial charge is 0.456 e. The summed E-state index contributed by atoms with van der Waals surface area (Å²) in [4.78, 5) is 0. The summed E-state index contributed by atoms with van der Waals surface area (Å²) in [5, 5.41) is -2.61. The summed E-state index contributed by atoms with van der Waals surface area (Å²) in [6.07, 6.45) is 0. The molecule has 0 saturated heterocycles. The minimum atomic E-state index is -0.860. The summed E-state index contributed by atoms with van der Waals surface area (Å²) in [6, 6.07) is 1.00. The molecule has 25 rings (SSSR count). The van der Waals surface area contributed by atoms with Crippen LogP contribution in [0.25, 0.3) is 241 Å². The van der Waals surface area contributed by atoms with E-state index in [2.05, 4.69) is 0 Å². The van der Waals surface area contributed by atoms with Crippen molar-refractivity contribution in [1.29, 1.82) is 0 Å². The molecular weight excluding hydrogens is 1420 g/mol. The molecule has 3 nitrogen and oxygen atoms in total. The highest BCUT2D eigenvalue weighted by molar-refractivity contribution is 6.30. The van der Waals surface area contributed by atoms with Crippen molar-refractivity contribution in [2.45, 2.75) is 0 Å². The van der Waals surface area contributed by atoms with Crippen LogP contribution in [0, 0.1) is 0 Å². The van der Waals surface area contributed by atoms with Crippen LogP contribution in [-0.4, -0.2) is 0 Å². The van der Waals surface area contributed by atoms with Crippen molar-refractivity contribution in [1.82, 2.24) is 0 Å². The lowest BCUT2D eigenvalue weighted by Gasteiger charge is -2.20. The van der Waals surface area contributed by atoms with E-state index < -0.39 is 373 Å². The first-order valence-electron chi connectivity index (χ1n) is 60.7. The van der Waals surface area contributed by atoms with E-state index in [9.17, 15) is 24.7 Å². The van der Waals surface area contributed by atoms with Gasteiger partial charge in [-0.25, -0.2) is 0 Å². The summed E-state index contributed by atoms with van der Waals surface area (Å²) >= 11 is 0. The molecule has 0 aliphatic carbocycles. The van der Waals surface area contributed by atoms with Gasteiger partial charge in [0.15, 0.2) is 0 Å². The molecule has 0 saturated carbocycles. The Kier molecular flexibility index (Phi) is 8.18. The standard InChI is InChI=1S/C40H24O.C38H24O.C36H22O/c1-2-11-28-25(10-1)20-21-26-24-27(22-23-29(26)28)38-30-12-3-5-14-32(30)39(33-15-6-4-13-31(33)38)35-17-9-19-37-40(35)34-16-7-8-18-36(34)41-37;1-2-13-25(14-3-1)26-15-4-5-16-27(26)36-28-17-6-8-19-30(28)37(31-20-9-7-18-29(31)36)33-22-12-24-35-38(33)32-21-10-11-23-34(32)39-35;1-2-11-24-22-25(21-20-23(24)10-1)34-26-12-3-5-14-28(26)35(29-15-6-4-13-27(29)34)31-17-9-19-33-36(31)30-16-7-8-18-32(30)37-33/h1-24H;1-24H;1-22H/i1D,2D,3D,4D,5D,6D,10D,11D,12D,13D,14D,15D,20D,21D,22D,23D,24D;1D,2D,3D,4D,5D,6D,7D,8D,9D,13D,14D,15D,16D,17D,18D,19D,20D;1D,2D,3D,4D,5D,6D,10D,11D,12D,13D,14D,15D,20D,21D,22D. The minimum Gasteiger partial charge on any atom is -0.456 e. The van der Waals surface area contributed by atoms with E-state index in [0.29, 0.717) is 76.9 Å². The molecule has 0 spiro atoms. The number of benzene rings is 22. The van der Waals surface area contributed by atoms with Crippen LogP contribution in [0.3, 0.4) is 0 Å². The molecule has 3 aromatic heterocycles. The van der Waals surface area contributed by atoms with E-state index in [1.165, 1.54) is 0 Å². The lowest BCUT2D eigenvalue weighted by atomic mass is 9.83. The maximum absolute atomic E-state index is 9.64. The van der Waals surface area contributed by atoms with Gasteiger partial charge in [0.2, 0.25) is 0 Å². The van der Waals surface area contributed by atoms with Crippen molar-refractivity contribution < 1.29 is 80.4 Å². The smallest absolute Gasteiger partial charge is 0.136 e. The highest BCUT2D eigenvalue weighted by Gasteiger charge is 2.26. The third-order valence-corrected chi connectivity index (χ3v) is 20.6. The first-order chi connectivity index (χ1) is 78.5. The summed E-state index contributed by atoms with van der Waals surface area (Å²) < 4.78 is 455. The average molecular weight is 1540 g/mol. The predicted molar refractivity (Wildman–Crippen MR) is 497 cm³/mol. The monoisotopic (exact) mass is 1540 g/mol. The molecular formula is C114H70O3. The van der Waals surface area contributed by atoms with Gasteiger partial charge in [0.05, 0.1) is 67.2 Å². The van der Waals surface area contributed by atoms with Gasteiger partial charge in [-0.3, -0.25) is 0 Å². The lowest BCUT2D eigenvalue weighted by molar-refractivity contribution is 0.668. The highest BCUT2D eigenvalue weighted by atomic mass is 16.3. The van der Waals surface area contributed by atoms with Crippen LogP contribution in [-0.2, 0) is 0 Å². The molecule has 0 radical (unpaired) electrons. The van der Waals surface area contributed by atoms with Crippen molar-refractivity contribution >= 4 is 163 Å². The zero-order valence-corrected chi connectivity index (χ0v) is 59.8. The molecule has 22 aromatic carbocycles. The Labute approximate surface area is 742 Å². The average Bonchev–Trinajstić information content (AvgIpc) is 0.791. The Morgan fingerprint density at radius 1 is 0.154 bits per heavy atom. The fraction of sp³-hybridized carbons (Fsp3) is 0. The normalized spacial score (nSPS) is 17.6. The Bertz CT molecular complexity index is 11200. The van der Waals surface area contributed by atoms with Gasteiger partial charge in [-0.2, -0.15) is 0 Å². The Hall–Kier alpha value is -15.4.